The van der Waals surface area contributed by atoms with Gasteiger partial charge in [-0.05, 0) is 32.7 Å². The Labute approximate surface area is 121 Å². The molecule has 0 bridgehead atoms. The summed E-state index contributed by atoms with van der Waals surface area (Å²) >= 11 is 0. The van der Waals surface area contributed by atoms with Crippen molar-refractivity contribution in [1.29, 1.82) is 0 Å². The van der Waals surface area contributed by atoms with Crippen molar-refractivity contribution in [3.63, 3.8) is 0 Å². The fourth-order valence-electron chi connectivity index (χ4n) is 2.81. The molecule has 1 fully saturated rings. The molecule has 1 saturated carbocycles. The topological polar surface area (TPSA) is 87.5 Å². The van der Waals surface area contributed by atoms with Crippen molar-refractivity contribution in [2.75, 3.05) is 20.1 Å². The van der Waals surface area contributed by atoms with E-state index < -0.39 is 6.03 Å². The summed E-state index contributed by atoms with van der Waals surface area (Å²) in [4.78, 5) is 25.6. The molecule has 6 heteroatoms. The van der Waals surface area contributed by atoms with Crippen molar-refractivity contribution in [3.05, 3.63) is 0 Å². The largest absolute Gasteiger partial charge is 0.341 e. The van der Waals surface area contributed by atoms with Crippen LogP contribution < -0.4 is 16.4 Å². The van der Waals surface area contributed by atoms with Crippen LogP contribution in [0.1, 0.15) is 45.4 Å². The lowest BCUT2D eigenvalue weighted by molar-refractivity contribution is -0.126. The van der Waals surface area contributed by atoms with Gasteiger partial charge in [-0.2, -0.15) is 0 Å². The van der Waals surface area contributed by atoms with Gasteiger partial charge in [0, 0.05) is 19.6 Å². The second-order valence-electron chi connectivity index (χ2n) is 5.42. The SMILES string of the molecule is CNC(=O)NC(=O)C(C)N(CCCN)C1CCCCC1. The maximum Gasteiger partial charge on any atom is 0.321 e. The molecule has 0 heterocycles. The summed E-state index contributed by atoms with van der Waals surface area (Å²) < 4.78 is 0. The highest BCUT2D eigenvalue weighted by molar-refractivity contribution is 5.96. The van der Waals surface area contributed by atoms with E-state index >= 15 is 0 Å². The molecule has 1 aliphatic carbocycles. The summed E-state index contributed by atoms with van der Waals surface area (Å²) in [6.07, 6.45) is 6.83. The van der Waals surface area contributed by atoms with Gasteiger partial charge >= 0.3 is 6.03 Å². The molecule has 0 aromatic heterocycles. The Morgan fingerprint density at radius 2 is 1.95 bits per heavy atom. The molecule has 0 spiro atoms. The Bertz CT molecular complexity index is 316. The van der Waals surface area contributed by atoms with Gasteiger partial charge in [-0.25, -0.2) is 4.79 Å². The van der Waals surface area contributed by atoms with E-state index in [1.165, 1.54) is 26.3 Å². The van der Waals surface area contributed by atoms with E-state index in [0.29, 0.717) is 12.6 Å². The molecule has 116 valence electrons. The molecule has 1 rings (SSSR count). The highest BCUT2D eigenvalue weighted by atomic mass is 16.2. The number of nitrogens with two attached hydrogens (primary N) is 1. The van der Waals surface area contributed by atoms with Gasteiger partial charge in [0.1, 0.15) is 0 Å². The molecule has 0 saturated heterocycles. The molecule has 0 aliphatic heterocycles. The first-order valence-electron chi connectivity index (χ1n) is 7.58. The van der Waals surface area contributed by atoms with Gasteiger partial charge in [-0.1, -0.05) is 19.3 Å². The predicted octanol–water partition coefficient (Wildman–Crippen LogP) is 0.814. The Morgan fingerprint density at radius 3 is 2.50 bits per heavy atom. The highest BCUT2D eigenvalue weighted by Gasteiger charge is 2.29. The quantitative estimate of drug-likeness (QED) is 0.673. The lowest BCUT2D eigenvalue weighted by atomic mass is 9.93. The van der Waals surface area contributed by atoms with Gasteiger partial charge in [0.2, 0.25) is 5.91 Å². The van der Waals surface area contributed by atoms with Gasteiger partial charge in [-0.15, -0.1) is 0 Å². The number of hydrogen-bond donors (Lipinski definition) is 3. The zero-order valence-electron chi connectivity index (χ0n) is 12.7. The zero-order chi connectivity index (χ0) is 15.0. The number of nitrogens with zero attached hydrogens (tertiary/aromatic N) is 1. The second-order valence-corrected chi connectivity index (χ2v) is 5.42. The van der Waals surface area contributed by atoms with E-state index in [-0.39, 0.29) is 11.9 Å². The summed E-state index contributed by atoms with van der Waals surface area (Å²) in [5, 5.41) is 4.77. The maximum atomic E-state index is 12.1. The minimum absolute atomic E-state index is 0.244. The molecule has 0 radical (unpaired) electrons. The van der Waals surface area contributed by atoms with Crippen LogP contribution in [0.2, 0.25) is 0 Å². The molecule has 0 aromatic rings. The van der Waals surface area contributed by atoms with Crippen LogP contribution in [0.4, 0.5) is 4.79 Å². The second kappa shape index (κ2) is 8.92. The Morgan fingerprint density at radius 1 is 1.30 bits per heavy atom. The van der Waals surface area contributed by atoms with Gasteiger partial charge in [0.05, 0.1) is 6.04 Å². The maximum absolute atomic E-state index is 12.1. The molecular weight excluding hydrogens is 256 g/mol. The van der Waals surface area contributed by atoms with Gasteiger partial charge < -0.3 is 11.1 Å². The summed E-state index contributed by atoms with van der Waals surface area (Å²) in [7, 11) is 1.50. The number of carbonyl (C=O) groups is 2. The minimum Gasteiger partial charge on any atom is -0.341 e. The summed E-state index contributed by atoms with van der Waals surface area (Å²) in [6.45, 7) is 3.29. The van der Waals surface area contributed by atoms with Gasteiger partial charge in [0.25, 0.3) is 0 Å². The van der Waals surface area contributed by atoms with Crippen molar-refractivity contribution in [1.82, 2.24) is 15.5 Å². The van der Waals surface area contributed by atoms with E-state index in [9.17, 15) is 9.59 Å². The third-order valence-corrected chi connectivity index (χ3v) is 4.00. The molecule has 1 atom stereocenters. The van der Waals surface area contributed by atoms with Gasteiger partial charge in [-0.3, -0.25) is 15.0 Å². The fraction of sp³-hybridized carbons (Fsp3) is 0.857. The lowest BCUT2D eigenvalue weighted by Gasteiger charge is -2.37. The van der Waals surface area contributed by atoms with Crippen LogP contribution in [-0.4, -0.2) is 49.1 Å². The molecule has 1 aliphatic rings. The molecule has 1 unspecified atom stereocenters. The molecule has 4 N–H and O–H groups in total. The van der Waals surface area contributed by atoms with Crippen LogP contribution >= 0.6 is 0 Å². The summed E-state index contributed by atoms with van der Waals surface area (Å²) in [6, 6.07) is -0.327. The van der Waals surface area contributed by atoms with Crippen LogP contribution in [0.25, 0.3) is 0 Å². The van der Waals surface area contributed by atoms with Crippen LogP contribution in [0.3, 0.4) is 0 Å². The first kappa shape index (κ1) is 16.9. The van der Waals surface area contributed by atoms with Gasteiger partial charge in [0.15, 0.2) is 0 Å². The van der Waals surface area contributed by atoms with E-state index in [4.69, 9.17) is 5.73 Å². The van der Waals surface area contributed by atoms with E-state index in [1.54, 1.807) is 0 Å². The van der Waals surface area contributed by atoms with Crippen molar-refractivity contribution in [2.24, 2.45) is 5.73 Å². The number of amides is 3. The Kier molecular flexibility index (Phi) is 7.54. The van der Waals surface area contributed by atoms with Crippen molar-refractivity contribution >= 4 is 11.9 Å². The van der Waals surface area contributed by atoms with Crippen LogP contribution in [0.15, 0.2) is 0 Å². The number of hydrogen-bond acceptors (Lipinski definition) is 4. The van der Waals surface area contributed by atoms with Crippen LogP contribution in [0.5, 0.6) is 0 Å². The van der Waals surface area contributed by atoms with E-state index in [2.05, 4.69) is 15.5 Å². The number of urea groups is 1. The standard InChI is InChI=1S/C14H28N4O2/c1-11(13(19)17-14(20)16-2)18(10-6-9-15)12-7-4-3-5-8-12/h11-12H,3-10,15H2,1-2H3,(H2,16,17,19,20). The number of imide groups is 1. The molecular formula is C14H28N4O2. The Balaban J connectivity index is 2.64. The van der Waals surface area contributed by atoms with Crippen LogP contribution in [-0.2, 0) is 4.79 Å². The normalized spacial score (nSPS) is 17.8. The lowest BCUT2D eigenvalue weighted by Crippen LogP contribution is -2.53. The fourth-order valence-corrected chi connectivity index (χ4v) is 2.81. The van der Waals surface area contributed by atoms with E-state index in [1.807, 2.05) is 6.92 Å². The zero-order valence-corrected chi connectivity index (χ0v) is 12.7. The smallest absolute Gasteiger partial charge is 0.321 e. The number of nitrogens with one attached hydrogen (secondary N) is 2. The van der Waals surface area contributed by atoms with Crippen molar-refractivity contribution in [3.8, 4) is 0 Å². The number of carbonyl (C=O) groups excluding carboxylic acids is 2. The molecule has 3 amide bonds. The number of rotatable bonds is 6. The molecule has 6 nitrogen and oxygen atoms in total. The minimum atomic E-state index is -0.454. The first-order valence-corrected chi connectivity index (χ1v) is 7.58. The summed E-state index contributed by atoms with van der Waals surface area (Å²) in [5.74, 6) is -0.244. The molecule has 0 aromatic carbocycles. The van der Waals surface area contributed by atoms with Crippen molar-refractivity contribution in [2.45, 2.75) is 57.5 Å². The Hall–Kier alpha value is -1.14. The van der Waals surface area contributed by atoms with Crippen molar-refractivity contribution < 1.29 is 9.59 Å². The predicted molar refractivity (Wildman–Crippen MR) is 79.3 cm³/mol. The average Bonchev–Trinajstić information content (AvgIpc) is 2.48. The van der Waals surface area contributed by atoms with Crippen LogP contribution in [0, 0.1) is 0 Å². The third kappa shape index (κ3) is 5.09. The van der Waals surface area contributed by atoms with E-state index in [0.717, 1.165) is 25.8 Å². The monoisotopic (exact) mass is 284 g/mol. The molecule has 20 heavy (non-hydrogen) atoms. The average molecular weight is 284 g/mol. The summed E-state index contributed by atoms with van der Waals surface area (Å²) in [5.41, 5.74) is 5.59. The first-order chi connectivity index (χ1) is 9.60. The third-order valence-electron chi connectivity index (χ3n) is 4.00. The highest BCUT2D eigenvalue weighted by Crippen LogP contribution is 2.24.